The van der Waals surface area contributed by atoms with E-state index in [0.717, 1.165) is 0 Å². The second-order valence-corrected chi connectivity index (χ2v) is 7.76. The van der Waals surface area contributed by atoms with Gasteiger partial charge in [-0.25, -0.2) is 0 Å². The predicted molar refractivity (Wildman–Crippen MR) is 114 cm³/mol. The Balaban J connectivity index is 1.65. The van der Waals surface area contributed by atoms with Crippen molar-refractivity contribution in [2.24, 2.45) is 0 Å². The number of hydrogen-bond donors (Lipinski definition) is 0. The lowest BCUT2D eigenvalue weighted by molar-refractivity contribution is 0.662. The molecule has 0 atom stereocenters. The fraction of sp³-hybridized carbons (Fsp3) is 0.111. The Labute approximate surface area is 161 Å². The van der Waals surface area contributed by atoms with Crippen LogP contribution in [0.3, 0.4) is 0 Å². The van der Waals surface area contributed by atoms with Crippen molar-refractivity contribution < 1.29 is 0 Å². The molecule has 0 aromatic heterocycles. The van der Waals surface area contributed by atoms with Gasteiger partial charge in [0.05, 0.1) is 0 Å². The zero-order valence-electron chi connectivity index (χ0n) is 15.7. The normalized spacial score (nSPS) is 13.9. The first kappa shape index (κ1) is 16.1. The van der Waals surface area contributed by atoms with Crippen molar-refractivity contribution in [3.8, 4) is 33.4 Å². The molecule has 0 unspecified atom stereocenters. The molecule has 0 spiro atoms. The molecule has 1 aliphatic carbocycles. The maximum atomic E-state index is 3.51. The van der Waals surface area contributed by atoms with E-state index in [9.17, 15) is 0 Å². The quantitative estimate of drug-likeness (QED) is 0.362. The molecule has 1 radical (unpaired) electrons. The SMILES string of the molecule is CC1(C)c2ccccc2-c2[c]ccc(-c3ccc(-c4ccccc4)cc3)c21. The van der Waals surface area contributed by atoms with Crippen LogP contribution in [0.5, 0.6) is 0 Å². The topological polar surface area (TPSA) is 0 Å². The summed E-state index contributed by atoms with van der Waals surface area (Å²) in [5, 5.41) is 0. The Morgan fingerprint density at radius 3 is 2.00 bits per heavy atom. The molecule has 0 saturated carbocycles. The van der Waals surface area contributed by atoms with Crippen LogP contribution in [0.1, 0.15) is 25.0 Å². The highest BCUT2D eigenvalue weighted by Crippen LogP contribution is 2.51. The molecule has 0 aliphatic heterocycles. The van der Waals surface area contributed by atoms with Crippen molar-refractivity contribution in [1.82, 2.24) is 0 Å². The van der Waals surface area contributed by atoms with Crippen LogP contribution in [0.4, 0.5) is 0 Å². The zero-order chi connectivity index (χ0) is 18.4. The van der Waals surface area contributed by atoms with Gasteiger partial charge in [-0.15, -0.1) is 0 Å². The third-order valence-electron chi connectivity index (χ3n) is 5.79. The summed E-state index contributed by atoms with van der Waals surface area (Å²) in [7, 11) is 0. The number of benzene rings is 4. The Hall–Kier alpha value is -3.12. The van der Waals surface area contributed by atoms with E-state index in [-0.39, 0.29) is 5.41 Å². The molecule has 0 heteroatoms. The minimum atomic E-state index is -0.0167. The van der Waals surface area contributed by atoms with Crippen LogP contribution >= 0.6 is 0 Å². The summed E-state index contributed by atoms with van der Waals surface area (Å²) in [5.74, 6) is 0. The summed E-state index contributed by atoms with van der Waals surface area (Å²) in [6.07, 6.45) is 0. The summed E-state index contributed by atoms with van der Waals surface area (Å²) in [5.41, 5.74) is 10.4. The summed E-state index contributed by atoms with van der Waals surface area (Å²) in [6.45, 7) is 4.65. The van der Waals surface area contributed by atoms with E-state index in [1.165, 1.54) is 44.5 Å². The molecule has 27 heavy (non-hydrogen) atoms. The van der Waals surface area contributed by atoms with Gasteiger partial charge in [0.2, 0.25) is 0 Å². The van der Waals surface area contributed by atoms with Crippen LogP contribution < -0.4 is 0 Å². The van der Waals surface area contributed by atoms with Crippen LogP contribution in [0.15, 0.2) is 91.0 Å². The molecule has 1 aliphatic rings. The highest BCUT2D eigenvalue weighted by molar-refractivity contribution is 5.88. The van der Waals surface area contributed by atoms with E-state index in [2.05, 4.69) is 111 Å². The van der Waals surface area contributed by atoms with Gasteiger partial charge in [-0.3, -0.25) is 0 Å². The maximum Gasteiger partial charge on any atom is 0.0165 e. The summed E-state index contributed by atoms with van der Waals surface area (Å²) >= 11 is 0. The average Bonchev–Trinajstić information content (AvgIpc) is 2.97. The number of fused-ring (bicyclic) bond motifs is 3. The molecule has 5 rings (SSSR count). The van der Waals surface area contributed by atoms with Gasteiger partial charge in [-0.1, -0.05) is 105 Å². The second-order valence-electron chi connectivity index (χ2n) is 7.76. The fourth-order valence-electron chi connectivity index (χ4n) is 4.45. The van der Waals surface area contributed by atoms with Gasteiger partial charge < -0.3 is 0 Å². The molecule has 0 fully saturated rings. The molecule has 0 N–H and O–H groups in total. The van der Waals surface area contributed by atoms with Crippen molar-refractivity contribution in [3.63, 3.8) is 0 Å². The molecule has 0 nitrogen and oxygen atoms in total. The van der Waals surface area contributed by atoms with Gasteiger partial charge >= 0.3 is 0 Å². The second kappa shape index (κ2) is 5.96. The van der Waals surface area contributed by atoms with Crippen molar-refractivity contribution >= 4 is 0 Å². The molecule has 0 bridgehead atoms. The molecule has 0 heterocycles. The van der Waals surface area contributed by atoms with Gasteiger partial charge in [-0.2, -0.15) is 0 Å². The fourth-order valence-corrected chi connectivity index (χ4v) is 4.45. The first-order chi connectivity index (χ1) is 13.2. The van der Waals surface area contributed by atoms with Crippen molar-refractivity contribution in [3.05, 3.63) is 108 Å². The lowest BCUT2D eigenvalue weighted by Crippen LogP contribution is -2.16. The van der Waals surface area contributed by atoms with Crippen molar-refractivity contribution in [1.29, 1.82) is 0 Å². The lowest BCUT2D eigenvalue weighted by Gasteiger charge is -2.24. The molecule has 4 aromatic rings. The maximum absolute atomic E-state index is 3.51. The Bertz CT molecular complexity index is 1120. The Morgan fingerprint density at radius 2 is 1.22 bits per heavy atom. The van der Waals surface area contributed by atoms with Crippen LogP contribution in [-0.4, -0.2) is 0 Å². The molecule has 0 amide bonds. The van der Waals surface area contributed by atoms with Crippen molar-refractivity contribution in [2.75, 3.05) is 0 Å². The monoisotopic (exact) mass is 345 g/mol. The smallest absolute Gasteiger partial charge is 0.0165 e. The van der Waals surface area contributed by atoms with E-state index in [4.69, 9.17) is 0 Å². The first-order valence-corrected chi connectivity index (χ1v) is 9.47. The minimum absolute atomic E-state index is 0.0167. The van der Waals surface area contributed by atoms with Gasteiger partial charge in [0.15, 0.2) is 0 Å². The van der Waals surface area contributed by atoms with Crippen LogP contribution in [0.25, 0.3) is 33.4 Å². The third-order valence-corrected chi connectivity index (χ3v) is 5.79. The number of rotatable bonds is 2. The summed E-state index contributed by atoms with van der Waals surface area (Å²) < 4.78 is 0. The summed E-state index contributed by atoms with van der Waals surface area (Å²) in [4.78, 5) is 0. The molecular formula is C27H21. The third kappa shape index (κ3) is 2.44. The summed E-state index contributed by atoms with van der Waals surface area (Å²) in [6, 6.07) is 36.0. The van der Waals surface area contributed by atoms with E-state index in [0.29, 0.717) is 0 Å². The van der Waals surface area contributed by atoms with Gasteiger partial charge in [-0.05, 0) is 50.6 Å². The standard InChI is InChI=1S/C27H21/c1-27(2)25-14-7-6-11-23(25)24-13-8-12-22(26(24)27)21-17-15-20(16-18-21)19-9-4-3-5-10-19/h3-12,14-18H,1-2H3. The van der Waals surface area contributed by atoms with Crippen molar-refractivity contribution in [2.45, 2.75) is 19.3 Å². The Kier molecular flexibility index (Phi) is 3.55. The zero-order valence-corrected chi connectivity index (χ0v) is 15.7. The predicted octanol–water partition coefficient (Wildman–Crippen LogP) is 7.13. The van der Waals surface area contributed by atoms with Gasteiger partial charge in [0.1, 0.15) is 0 Å². The van der Waals surface area contributed by atoms with E-state index in [1.807, 2.05) is 0 Å². The largest absolute Gasteiger partial charge is 0.0622 e. The minimum Gasteiger partial charge on any atom is -0.0622 e. The molecule has 4 aromatic carbocycles. The van der Waals surface area contributed by atoms with Gasteiger partial charge in [0.25, 0.3) is 0 Å². The van der Waals surface area contributed by atoms with E-state index < -0.39 is 0 Å². The number of hydrogen-bond acceptors (Lipinski definition) is 0. The lowest BCUT2D eigenvalue weighted by atomic mass is 9.79. The highest BCUT2D eigenvalue weighted by atomic mass is 14.4. The van der Waals surface area contributed by atoms with Crippen LogP contribution in [0, 0.1) is 6.07 Å². The van der Waals surface area contributed by atoms with Crippen LogP contribution in [-0.2, 0) is 5.41 Å². The average molecular weight is 345 g/mol. The molecular weight excluding hydrogens is 324 g/mol. The molecule has 129 valence electrons. The van der Waals surface area contributed by atoms with Crippen LogP contribution in [0.2, 0.25) is 0 Å². The van der Waals surface area contributed by atoms with Gasteiger partial charge in [0, 0.05) is 5.41 Å². The molecule has 0 saturated heterocycles. The van der Waals surface area contributed by atoms with E-state index in [1.54, 1.807) is 0 Å². The highest BCUT2D eigenvalue weighted by Gasteiger charge is 2.37. The first-order valence-electron chi connectivity index (χ1n) is 9.47. The van der Waals surface area contributed by atoms with E-state index >= 15 is 0 Å². The Morgan fingerprint density at radius 1 is 0.593 bits per heavy atom.